The molecule has 8 nitrogen and oxygen atoms in total. The highest BCUT2D eigenvalue weighted by Crippen LogP contribution is 2.22. The van der Waals surface area contributed by atoms with Gasteiger partial charge in [0.1, 0.15) is 0 Å². The van der Waals surface area contributed by atoms with Gasteiger partial charge in [0.05, 0.1) is 10.7 Å². The first-order chi connectivity index (χ1) is 10.3. The molecule has 0 atom stereocenters. The molecule has 1 amide bonds. The molecule has 1 aromatic rings. The van der Waals surface area contributed by atoms with Crippen LogP contribution in [0.15, 0.2) is 24.3 Å². The molecule has 2 N–H and O–H groups in total. The van der Waals surface area contributed by atoms with Crippen LogP contribution in [0, 0.1) is 16.0 Å². The number of hydrogen-bond donors (Lipinski definition) is 1. The van der Waals surface area contributed by atoms with Gasteiger partial charge in [0.2, 0.25) is 15.9 Å². The number of piperidine rings is 1. The maximum absolute atomic E-state index is 12.3. The number of nitrogens with two attached hydrogens (primary N) is 1. The number of benzene rings is 1. The van der Waals surface area contributed by atoms with Crippen LogP contribution in [0.4, 0.5) is 5.69 Å². The zero-order valence-electron chi connectivity index (χ0n) is 11.8. The van der Waals surface area contributed by atoms with Crippen LogP contribution in [-0.4, -0.2) is 36.6 Å². The van der Waals surface area contributed by atoms with Gasteiger partial charge in [0, 0.05) is 31.1 Å². The molecule has 0 radical (unpaired) electrons. The Morgan fingerprint density at radius 2 is 1.82 bits per heavy atom. The number of non-ortho nitro benzene ring substituents is 1. The molecule has 0 bridgehead atoms. The summed E-state index contributed by atoms with van der Waals surface area (Å²) in [6.07, 6.45) is 0.851. The molecule has 1 aromatic carbocycles. The van der Waals surface area contributed by atoms with Crippen LogP contribution >= 0.6 is 0 Å². The van der Waals surface area contributed by atoms with E-state index in [4.69, 9.17) is 5.73 Å². The fourth-order valence-corrected chi connectivity index (χ4v) is 4.00. The van der Waals surface area contributed by atoms with E-state index < -0.39 is 20.9 Å². The van der Waals surface area contributed by atoms with Gasteiger partial charge in [-0.2, -0.15) is 0 Å². The van der Waals surface area contributed by atoms with Gasteiger partial charge in [-0.05, 0) is 18.4 Å². The molecular weight excluding hydrogens is 310 g/mol. The van der Waals surface area contributed by atoms with Crippen LogP contribution in [0.2, 0.25) is 0 Å². The maximum atomic E-state index is 12.3. The SMILES string of the molecule is NC(=O)C1CCN(S(=O)(=O)Cc2ccc([N+](=O)[O-])cc2)CC1. The fourth-order valence-electron chi connectivity index (χ4n) is 2.43. The van der Waals surface area contributed by atoms with Gasteiger partial charge in [-0.25, -0.2) is 12.7 Å². The van der Waals surface area contributed by atoms with Gasteiger partial charge < -0.3 is 5.73 Å². The Kier molecular flexibility index (Phi) is 4.77. The van der Waals surface area contributed by atoms with Crippen LogP contribution in [0.1, 0.15) is 18.4 Å². The largest absolute Gasteiger partial charge is 0.369 e. The first-order valence-electron chi connectivity index (χ1n) is 6.80. The van der Waals surface area contributed by atoms with E-state index in [-0.39, 0.29) is 30.4 Å². The third-order valence-electron chi connectivity index (χ3n) is 3.75. The highest BCUT2D eigenvalue weighted by Gasteiger charge is 2.30. The molecule has 9 heteroatoms. The van der Waals surface area contributed by atoms with Gasteiger partial charge in [0.25, 0.3) is 5.69 Å². The average Bonchev–Trinajstić information content (AvgIpc) is 2.47. The van der Waals surface area contributed by atoms with Crippen LogP contribution < -0.4 is 5.73 Å². The quantitative estimate of drug-likeness (QED) is 0.627. The van der Waals surface area contributed by atoms with E-state index >= 15 is 0 Å². The summed E-state index contributed by atoms with van der Waals surface area (Å²) in [5.41, 5.74) is 5.63. The summed E-state index contributed by atoms with van der Waals surface area (Å²) in [7, 11) is -3.51. The molecular formula is C13H17N3O5S. The molecule has 0 unspecified atom stereocenters. The van der Waals surface area contributed by atoms with E-state index in [9.17, 15) is 23.3 Å². The van der Waals surface area contributed by atoms with Crippen molar-refractivity contribution in [3.63, 3.8) is 0 Å². The molecule has 120 valence electrons. The maximum Gasteiger partial charge on any atom is 0.269 e. The standard InChI is InChI=1S/C13H17N3O5S/c14-13(17)11-5-7-15(8-6-11)22(20,21)9-10-1-3-12(4-2-10)16(18)19/h1-4,11H,5-9H2,(H2,14,17). The van der Waals surface area contributed by atoms with E-state index in [0.29, 0.717) is 18.4 Å². The van der Waals surface area contributed by atoms with Crippen molar-refractivity contribution in [3.05, 3.63) is 39.9 Å². The Morgan fingerprint density at radius 3 is 2.27 bits per heavy atom. The highest BCUT2D eigenvalue weighted by atomic mass is 32.2. The summed E-state index contributed by atoms with van der Waals surface area (Å²) >= 11 is 0. The lowest BCUT2D eigenvalue weighted by Gasteiger charge is -2.29. The molecule has 22 heavy (non-hydrogen) atoms. The summed E-state index contributed by atoms with van der Waals surface area (Å²) in [5.74, 6) is -0.884. The predicted molar refractivity (Wildman–Crippen MR) is 79.2 cm³/mol. The van der Waals surface area contributed by atoms with Gasteiger partial charge in [-0.15, -0.1) is 0 Å². The Bertz CT molecular complexity index is 663. The summed E-state index contributed by atoms with van der Waals surface area (Å²) in [5, 5.41) is 10.6. The first kappa shape index (κ1) is 16.4. The number of nitro benzene ring substituents is 1. The molecule has 1 fully saturated rings. The summed E-state index contributed by atoms with van der Waals surface area (Å²) < 4.78 is 26.0. The number of nitrogens with zero attached hydrogens (tertiary/aromatic N) is 2. The number of carbonyl (C=O) groups excluding carboxylic acids is 1. The Labute approximate surface area is 128 Å². The number of primary amides is 1. The Balaban J connectivity index is 2.02. The molecule has 0 saturated carbocycles. The molecule has 1 saturated heterocycles. The van der Waals surface area contributed by atoms with Crippen molar-refractivity contribution in [2.75, 3.05) is 13.1 Å². The zero-order chi connectivity index (χ0) is 16.3. The number of carbonyl (C=O) groups is 1. The highest BCUT2D eigenvalue weighted by molar-refractivity contribution is 7.88. The minimum atomic E-state index is -3.51. The summed E-state index contributed by atoms with van der Waals surface area (Å²) in [6.45, 7) is 0.534. The third kappa shape index (κ3) is 3.80. The van der Waals surface area contributed by atoms with E-state index in [0.717, 1.165) is 0 Å². The van der Waals surface area contributed by atoms with Gasteiger partial charge in [0.15, 0.2) is 0 Å². The summed E-state index contributed by atoms with van der Waals surface area (Å²) in [6, 6.07) is 5.44. The van der Waals surface area contributed by atoms with Crippen LogP contribution in [0.5, 0.6) is 0 Å². The van der Waals surface area contributed by atoms with Gasteiger partial charge in [-0.3, -0.25) is 14.9 Å². The van der Waals surface area contributed by atoms with Crippen molar-refractivity contribution in [2.24, 2.45) is 11.7 Å². The van der Waals surface area contributed by atoms with Crippen LogP contribution in [0.3, 0.4) is 0 Å². The zero-order valence-corrected chi connectivity index (χ0v) is 12.7. The second-order valence-electron chi connectivity index (χ2n) is 5.26. The van der Waals surface area contributed by atoms with Crippen molar-refractivity contribution >= 4 is 21.6 Å². The normalized spacial score (nSPS) is 17.3. The molecule has 2 rings (SSSR count). The fraction of sp³-hybridized carbons (Fsp3) is 0.462. The van der Waals surface area contributed by atoms with Gasteiger partial charge >= 0.3 is 0 Å². The minimum Gasteiger partial charge on any atom is -0.369 e. The minimum absolute atomic E-state index is 0.0802. The first-order valence-corrected chi connectivity index (χ1v) is 8.41. The second kappa shape index (κ2) is 6.41. The van der Waals surface area contributed by atoms with E-state index in [1.807, 2.05) is 0 Å². The van der Waals surface area contributed by atoms with E-state index in [1.165, 1.54) is 28.6 Å². The average molecular weight is 327 g/mol. The smallest absolute Gasteiger partial charge is 0.269 e. The second-order valence-corrected chi connectivity index (χ2v) is 7.22. The number of rotatable bonds is 5. The number of amides is 1. The lowest BCUT2D eigenvalue weighted by Crippen LogP contribution is -2.42. The molecule has 1 aliphatic rings. The molecule has 0 aliphatic carbocycles. The van der Waals surface area contributed by atoms with E-state index in [2.05, 4.69) is 0 Å². The van der Waals surface area contributed by atoms with Crippen molar-refractivity contribution in [1.82, 2.24) is 4.31 Å². The molecule has 0 spiro atoms. The third-order valence-corrected chi connectivity index (χ3v) is 5.60. The Hall–Kier alpha value is -2.00. The number of hydrogen-bond acceptors (Lipinski definition) is 5. The number of nitro groups is 1. The number of sulfonamides is 1. The van der Waals surface area contributed by atoms with Crippen molar-refractivity contribution in [1.29, 1.82) is 0 Å². The lowest BCUT2D eigenvalue weighted by atomic mass is 9.98. The predicted octanol–water partition coefficient (Wildman–Crippen LogP) is 0.622. The van der Waals surface area contributed by atoms with Crippen molar-refractivity contribution in [2.45, 2.75) is 18.6 Å². The van der Waals surface area contributed by atoms with Crippen LogP contribution in [-0.2, 0) is 20.6 Å². The topological polar surface area (TPSA) is 124 Å². The van der Waals surface area contributed by atoms with Gasteiger partial charge in [-0.1, -0.05) is 12.1 Å². The van der Waals surface area contributed by atoms with E-state index in [1.54, 1.807) is 0 Å². The van der Waals surface area contributed by atoms with Crippen LogP contribution in [0.25, 0.3) is 0 Å². The molecule has 0 aromatic heterocycles. The lowest BCUT2D eigenvalue weighted by molar-refractivity contribution is -0.384. The summed E-state index contributed by atoms with van der Waals surface area (Å²) in [4.78, 5) is 21.1. The monoisotopic (exact) mass is 327 g/mol. The van der Waals surface area contributed by atoms with Crippen molar-refractivity contribution < 1.29 is 18.1 Å². The van der Waals surface area contributed by atoms with Crippen molar-refractivity contribution in [3.8, 4) is 0 Å². The molecule has 1 aliphatic heterocycles. The Morgan fingerprint density at radius 1 is 1.27 bits per heavy atom. The molecule has 1 heterocycles.